The molecule has 2 aliphatic carbocycles. The van der Waals surface area contributed by atoms with Crippen LogP contribution in [0.4, 0.5) is 0 Å². The highest BCUT2D eigenvalue weighted by molar-refractivity contribution is 5.85. The van der Waals surface area contributed by atoms with Gasteiger partial charge < -0.3 is 10.2 Å². The molecular formula is C14H24O3. The highest BCUT2D eigenvalue weighted by Gasteiger charge is 2.56. The van der Waals surface area contributed by atoms with Gasteiger partial charge in [0.1, 0.15) is 5.78 Å². The van der Waals surface area contributed by atoms with E-state index in [4.69, 9.17) is 0 Å². The molecule has 17 heavy (non-hydrogen) atoms. The summed E-state index contributed by atoms with van der Waals surface area (Å²) in [5, 5.41) is 19.5. The summed E-state index contributed by atoms with van der Waals surface area (Å²) in [4.78, 5) is 12.2. The lowest BCUT2D eigenvalue weighted by atomic mass is 9.49. The number of aliphatic hydroxyl groups is 2. The van der Waals surface area contributed by atoms with Crippen LogP contribution in [-0.2, 0) is 4.79 Å². The smallest absolute Gasteiger partial charge is 0.139 e. The van der Waals surface area contributed by atoms with Gasteiger partial charge in [0.05, 0.1) is 6.10 Å². The number of ketones is 1. The van der Waals surface area contributed by atoms with E-state index in [2.05, 4.69) is 13.8 Å². The number of carbonyl (C=O) groups is 1. The molecule has 2 saturated carbocycles. The second-order valence-electron chi connectivity index (χ2n) is 6.32. The van der Waals surface area contributed by atoms with Crippen LogP contribution in [0.2, 0.25) is 0 Å². The minimum atomic E-state index is -0.376. The zero-order valence-electron chi connectivity index (χ0n) is 10.9. The van der Waals surface area contributed by atoms with Gasteiger partial charge in [-0.3, -0.25) is 4.79 Å². The fourth-order valence-electron chi connectivity index (χ4n) is 4.22. The molecule has 2 N–H and O–H groups in total. The lowest BCUT2D eigenvalue weighted by Gasteiger charge is -2.55. The number of carbonyl (C=O) groups excluding carboxylic acids is 1. The quantitative estimate of drug-likeness (QED) is 0.775. The first-order chi connectivity index (χ1) is 7.95. The van der Waals surface area contributed by atoms with E-state index >= 15 is 0 Å². The maximum absolute atomic E-state index is 12.2. The largest absolute Gasteiger partial charge is 0.396 e. The van der Waals surface area contributed by atoms with E-state index in [0.29, 0.717) is 25.0 Å². The number of aliphatic hydroxyl groups excluding tert-OH is 2. The van der Waals surface area contributed by atoms with Gasteiger partial charge in [0.2, 0.25) is 0 Å². The van der Waals surface area contributed by atoms with Gasteiger partial charge in [-0.1, -0.05) is 13.8 Å². The lowest BCUT2D eigenvalue weighted by molar-refractivity contribution is -0.159. The third-order valence-electron chi connectivity index (χ3n) is 5.45. The van der Waals surface area contributed by atoms with Crippen molar-refractivity contribution in [2.45, 2.75) is 58.5 Å². The standard InChI is InChI=1S/C14H24O3/c1-13-7-6-12(17)14(2,8-9-15)10(13)4-3-5-11(13)16/h10,12,15,17H,3-9H2,1-2H3/t10-,12+,13+,14+/m0/s1. The predicted octanol–water partition coefficient (Wildman–Crippen LogP) is 1.91. The summed E-state index contributed by atoms with van der Waals surface area (Å²) in [6.45, 7) is 4.21. The normalized spacial score (nSPS) is 46.7. The highest BCUT2D eigenvalue weighted by Crippen LogP contribution is 2.57. The molecule has 2 rings (SSSR count). The maximum atomic E-state index is 12.2. The fourth-order valence-corrected chi connectivity index (χ4v) is 4.22. The zero-order chi connectivity index (χ0) is 12.7. The summed E-state index contributed by atoms with van der Waals surface area (Å²) >= 11 is 0. The highest BCUT2D eigenvalue weighted by atomic mass is 16.3. The molecule has 0 spiro atoms. The summed E-state index contributed by atoms with van der Waals surface area (Å²) in [5.74, 6) is 0.594. The zero-order valence-corrected chi connectivity index (χ0v) is 10.9. The molecule has 0 bridgehead atoms. The number of hydrogen-bond donors (Lipinski definition) is 2. The van der Waals surface area contributed by atoms with Crippen LogP contribution in [0.3, 0.4) is 0 Å². The van der Waals surface area contributed by atoms with Crippen molar-refractivity contribution in [2.75, 3.05) is 6.61 Å². The molecule has 0 aromatic carbocycles. The molecule has 3 heteroatoms. The average Bonchev–Trinajstić information content (AvgIpc) is 2.28. The minimum Gasteiger partial charge on any atom is -0.396 e. The molecule has 0 saturated heterocycles. The Kier molecular flexibility index (Phi) is 3.34. The third-order valence-corrected chi connectivity index (χ3v) is 5.45. The Morgan fingerprint density at radius 3 is 2.71 bits per heavy atom. The van der Waals surface area contributed by atoms with E-state index in [-0.39, 0.29) is 29.5 Å². The van der Waals surface area contributed by atoms with Gasteiger partial charge in [0.25, 0.3) is 0 Å². The van der Waals surface area contributed by atoms with Crippen molar-refractivity contribution in [3.8, 4) is 0 Å². The lowest BCUT2D eigenvalue weighted by Crippen LogP contribution is -2.56. The van der Waals surface area contributed by atoms with Crippen molar-refractivity contribution < 1.29 is 15.0 Å². The molecule has 0 aromatic rings. The first-order valence-electron chi connectivity index (χ1n) is 6.77. The number of rotatable bonds is 2. The molecular weight excluding hydrogens is 216 g/mol. The SMILES string of the molecule is C[C@]1(CCO)[C@H](O)CC[C@@]2(C)C(=O)CCC[C@H]12. The second kappa shape index (κ2) is 4.36. The fraction of sp³-hybridized carbons (Fsp3) is 0.929. The van der Waals surface area contributed by atoms with Gasteiger partial charge >= 0.3 is 0 Å². The first kappa shape index (κ1) is 13.0. The first-order valence-corrected chi connectivity index (χ1v) is 6.77. The Hall–Kier alpha value is -0.410. The van der Waals surface area contributed by atoms with Crippen molar-refractivity contribution in [1.29, 1.82) is 0 Å². The van der Waals surface area contributed by atoms with Crippen molar-refractivity contribution in [3.63, 3.8) is 0 Å². The molecule has 3 nitrogen and oxygen atoms in total. The molecule has 0 unspecified atom stereocenters. The van der Waals surface area contributed by atoms with Gasteiger partial charge in [-0.15, -0.1) is 0 Å². The van der Waals surface area contributed by atoms with Crippen LogP contribution in [0.15, 0.2) is 0 Å². The van der Waals surface area contributed by atoms with Gasteiger partial charge in [-0.05, 0) is 43.4 Å². The van der Waals surface area contributed by atoms with E-state index in [9.17, 15) is 15.0 Å². The van der Waals surface area contributed by atoms with Crippen molar-refractivity contribution in [1.82, 2.24) is 0 Å². The average molecular weight is 240 g/mol. The van der Waals surface area contributed by atoms with Crippen molar-refractivity contribution in [3.05, 3.63) is 0 Å². The summed E-state index contributed by atoms with van der Waals surface area (Å²) < 4.78 is 0. The van der Waals surface area contributed by atoms with E-state index in [1.54, 1.807) is 0 Å². The van der Waals surface area contributed by atoms with Crippen LogP contribution in [0, 0.1) is 16.7 Å². The van der Waals surface area contributed by atoms with Crippen LogP contribution >= 0.6 is 0 Å². The minimum absolute atomic E-state index is 0.0916. The predicted molar refractivity (Wildman–Crippen MR) is 65.5 cm³/mol. The van der Waals surface area contributed by atoms with Crippen LogP contribution < -0.4 is 0 Å². The summed E-state index contributed by atoms with van der Waals surface area (Å²) in [7, 11) is 0. The molecule has 2 aliphatic rings. The molecule has 0 amide bonds. The molecule has 0 radical (unpaired) electrons. The molecule has 0 aliphatic heterocycles. The van der Waals surface area contributed by atoms with Crippen LogP contribution in [0.1, 0.15) is 52.4 Å². The number of fused-ring (bicyclic) bond motifs is 1. The van der Waals surface area contributed by atoms with Gasteiger partial charge in [0.15, 0.2) is 0 Å². The summed E-state index contributed by atoms with van der Waals surface area (Å²) in [6, 6.07) is 0. The Balaban J connectivity index is 2.34. The summed E-state index contributed by atoms with van der Waals surface area (Å²) in [6.07, 6.45) is 4.36. The van der Waals surface area contributed by atoms with E-state index in [0.717, 1.165) is 19.3 Å². The molecule has 0 aromatic heterocycles. The van der Waals surface area contributed by atoms with Crippen LogP contribution in [-0.4, -0.2) is 28.7 Å². The topological polar surface area (TPSA) is 57.5 Å². The number of hydrogen-bond acceptors (Lipinski definition) is 3. The van der Waals surface area contributed by atoms with E-state index < -0.39 is 0 Å². The van der Waals surface area contributed by atoms with Crippen molar-refractivity contribution in [2.24, 2.45) is 16.7 Å². The summed E-state index contributed by atoms with van der Waals surface area (Å²) in [5.41, 5.74) is -0.556. The molecule has 4 atom stereocenters. The number of Topliss-reactive ketones (excluding diaryl/α,β-unsaturated/α-hetero) is 1. The molecule has 0 heterocycles. The molecule has 2 fully saturated rings. The maximum Gasteiger partial charge on any atom is 0.139 e. The van der Waals surface area contributed by atoms with Crippen LogP contribution in [0.25, 0.3) is 0 Å². The third kappa shape index (κ3) is 1.84. The van der Waals surface area contributed by atoms with Gasteiger partial charge in [0, 0.05) is 18.4 Å². The Morgan fingerprint density at radius 1 is 1.35 bits per heavy atom. The van der Waals surface area contributed by atoms with Gasteiger partial charge in [-0.25, -0.2) is 0 Å². The van der Waals surface area contributed by atoms with E-state index in [1.807, 2.05) is 0 Å². The van der Waals surface area contributed by atoms with Crippen molar-refractivity contribution >= 4 is 5.78 Å². The van der Waals surface area contributed by atoms with E-state index in [1.165, 1.54) is 0 Å². The second-order valence-corrected chi connectivity index (χ2v) is 6.32. The Morgan fingerprint density at radius 2 is 2.06 bits per heavy atom. The Labute approximate surface area is 103 Å². The van der Waals surface area contributed by atoms with Gasteiger partial charge in [-0.2, -0.15) is 0 Å². The monoisotopic (exact) mass is 240 g/mol. The Bertz CT molecular complexity index is 315. The molecule has 98 valence electrons. The van der Waals surface area contributed by atoms with Crippen LogP contribution in [0.5, 0.6) is 0 Å².